The van der Waals surface area contributed by atoms with Crippen LogP contribution in [0.3, 0.4) is 0 Å². The van der Waals surface area contributed by atoms with Crippen molar-refractivity contribution in [1.82, 2.24) is 15.0 Å². The predicted octanol–water partition coefficient (Wildman–Crippen LogP) is 4.80. The van der Waals surface area contributed by atoms with E-state index < -0.39 is 30.2 Å². The standard InChI is InChI=1S/C20H14Cl2F3N3O5/c1-28(8-10-3-2-4-12(5-10)20(23,24)25)19(31)17-26-18(33-27-17)11-6-13(21)16(14(22)7-11)32-9-15(29)30/h2-7H,8-9H2,1H3,(H,29,30). The molecule has 13 heteroatoms. The number of amides is 1. The highest BCUT2D eigenvalue weighted by Gasteiger charge is 2.30. The Bertz CT molecular complexity index is 1180. The summed E-state index contributed by atoms with van der Waals surface area (Å²) in [6.07, 6.45) is -4.50. The van der Waals surface area contributed by atoms with E-state index in [2.05, 4.69) is 10.1 Å². The van der Waals surface area contributed by atoms with E-state index in [0.29, 0.717) is 0 Å². The van der Waals surface area contributed by atoms with Crippen molar-refractivity contribution in [3.05, 3.63) is 63.4 Å². The van der Waals surface area contributed by atoms with E-state index in [1.807, 2.05) is 0 Å². The number of nitrogens with zero attached hydrogens (tertiary/aromatic N) is 3. The second-order valence-corrected chi connectivity index (χ2v) is 7.55. The van der Waals surface area contributed by atoms with E-state index in [4.69, 9.17) is 37.6 Å². The van der Waals surface area contributed by atoms with Crippen LogP contribution in [0.1, 0.15) is 21.7 Å². The van der Waals surface area contributed by atoms with Gasteiger partial charge in [0.1, 0.15) is 0 Å². The maximum absolute atomic E-state index is 12.9. The van der Waals surface area contributed by atoms with Crippen molar-refractivity contribution >= 4 is 35.1 Å². The molecule has 0 atom stereocenters. The smallest absolute Gasteiger partial charge is 0.416 e. The minimum Gasteiger partial charge on any atom is -0.479 e. The summed E-state index contributed by atoms with van der Waals surface area (Å²) in [5.74, 6) is -2.42. The van der Waals surface area contributed by atoms with Crippen LogP contribution >= 0.6 is 23.2 Å². The van der Waals surface area contributed by atoms with Gasteiger partial charge in [-0.15, -0.1) is 0 Å². The van der Waals surface area contributed by atoms with Gasteiger partial charge < -0.3 is 19.3 Å². The van der Waals surface area contributed by atoms with Gasteiger partial charge in [-0.1, -0.05) is 40.5 Å². The second-order valence-electron chi connectivity index (χ2n) is 6.73. The maximum Gasteiger partial charge on any atom is 0.416 e. The van der Waals surface area contributed by atoms with Gasteiger partial charge in [0.05, 0.1) is 15.6 Å². The van der Waals surface area contributed by atoms with E-state index in [1.54, 1.807) is 0 Å². The van der Waals surface area contributed by atoms with Gasteiger partial charge in [-0.25, -0.2) is 4.79 Å². The number of hydrogen-bond acceptors (Lipinski definition) is 6. The molecule has 1 aromatic heterocycles. The quantitative estimate of drug-likeness (QED) is 0.493. The summed E-state index contributed by atoms with van der Waals surface area (Å²) < 4.78 is 48.8. The molecule has 3 aromatic rings. The van der Waals surface area contributed by atoms with Crippen molar-refractivity contribution in [2.75, 3.05) is 13.7 Å². The number of ether oxygens (including phenoxy) is 1. The number of alkyl halides is 3. The van der Waals surface area contributed by atoms with Gasteiger partial charge in [0.2, 0.25) is 0 Å². The Balaban J connectivity index is 1.76. The van der Waals surface area contributed by atoms with Crippen LogP contribution in [0.2, 0.25) is 10.0 Å². The van der Waals surface area contributed by atoms with Crippen LogP contribution in [0.5, 0.6) is 5.75 Å². The summed E-state index contributed by atoms with van der Waals surface area (Å²) in [5, 5.41) is 12.3. The average molecular weight is 504 g/mol. The first-order chi connectivity index (χ1) is 15.5. The lowest BCUT2D eigenvalue weighted by molar-refractivity contribution is -0.139. The van der Waals surface area contributed by atoms with Gasteiger partial charge in [-0.05, 0) is 29.8 Å². The van der Waals surface area contributed by atoms with Gasteiger partial charge in [-0.2, -0.15) is 18.2 Å². The molecule has 1 heterocycles. The third-order valence-corrected chi connectivity index (χ3v) is 4.78. The Kier molecular flexibility index (Phi) is 7.13. The number of hydrogen-bond donors (Lipinski definition) is 1. The van der Waals surface area contributed by atoms with E-state index in [1.165, 1.54) is 31.3 Å². The lowest BCUT2D eigenvalue weighted by Crippen LogP contribution is -2.27. The summed E-state index contributed by atoms with van der Waals surface area (Å²) in [5.41, 5.74) is -0.327. The van der Waals surface area contributed by atoms with Crippen molar-refractivity contribution in [3.63, 3.8) is 0 Å². The molecule has 0 fully saturated rings. The Morgan fingerprint density at radius 1 is 1.18 bits per heavy atom. The molecule has 33 heavy (non-hydrogen) atoms. The summed E-state index contributed by atoms with van der Waals surface area (Å²) in [4.78, 5) is 28.4. The Morgan fingerprint density at radius 3 is 2.45 bits per heavy atom. The molecule has 174 valence electrons. The predicted molar refractivity (Wildman–Crippen MR) is 110 cm³/mol. The number of halogens is 5. The molecular formula is C20H14Cl2F3N3O5. The number of carboxylic acid groups (broad SMARTS) is 1. The first-order valence-corrected chi connectivity index (χ1v) is 9.80. The lowest BCUT2D eigenvalue weighted by Gasteiger charge is -2.16. The molecule has 8 nitrogen and oxygen atoms in total. The molecule has 0 aliphatic heterocycles. The van der Waals surface area contributed by atoms with Crippen molar-refractivity contribution in [3.8, 4) is 17.2 Å². The molecule has 0 bridgehead atoms. The van der Waals surface area contributed by atoms with Crippen molar-refractivity contribution in [2.24, 2.45) is 0 Å². The first kappa shape index (κ1) is 24.3. The number of carbonyl (C=O) groups is 2. The molecule has 0 unspecified atom stereocenters. The molecule has 3 rings (SSSR count). The highest BCUT2D eigenvalue weighted by molar-refractivity contribution is 6.37. The molecule has 0 saturated carbocycles. The minimum atomic E-state index is -4.50. The van der Waals surface area contributed by atoms with Crippen LogP contribution in [0.15, 0.2) is 40.9 Å². The molecule has 0 saturated heterocycles. The van der Waals surface area contributed by atoms with Gasteiger partial charge in [0.25, 0.3) is 17.6 Å². The van der Waals surface area contributed by atoms with E-state index in [-0.39, 0.29) is 45.2 Å². The molecule has 1 amide bonds. The van der Waals surface area contributed by atoms with Gasteiger partial charge in [0.15, 0.2) is 12.4 Å². The maximum atomic E-state index is 12.9. The van der Waals surface area contributed by atoms with Crippen LogP contribution in [0, 0.1) is 0 Å². The van der Waals surface area contributed by atoms with Crippen LogP contribution in [-0.2, 0) is 17.5 Å². The minimum absolute atomic E-state index is 0.0218. The number of carbonyl (C=O) groups excluding carboxylic acids is 1. The molecule has 1 N–H and O–H groups in total. The zero-order valence-corrected chi connectivity index (χ0v) is 18.2. The fourth-order valence-electron chi connectivity index (χ4n) is 2.75. The average Bonchev–Trinajstić information content (AvgIpc) is 3.22. The van der Waals surface area contributed by atoms with Crippen LogP contribution in [0.25, 0.3) is 11.5 Å². The van der Waals surface area contributed by atoms with Crippen LogP contribution < -0.4 is 4.74 Å². The van der Waals surface area contributed by atoms with Crippen LogP contribution in [-0.4, -0.2) is 45.7 Å². The van der Waals surface area contributed by atoms with E-state index >= 15 is 0 Å². The monoisotopic (exact) mass is 503 g/mol. The normalized spacial score (nSPS) is 11.3. The molecule has 0 radical (unpaired) electrons. The fraction of sp³-hybridized carbons (Fsp3) is 0.200. The van der Waals surface area contributed by atoms with Gasteiger partial charge in [-0.3, -0.25) is 4.79 Å². The molecule has 2 aromatic carbocycles. The van der Waals surface area contributed by atoms with E-state index in [9.17, 15) is 22.8 Å². The molecule has 0 aliphatic rings. The largest absolute Gasteiger partial charge is 0.479 e. The topological polar surface area (TPSA) is 106 Å². The molecule has 0 spiro atoms. The third-order valence-electron chi connectivity index (χ3n) is 4.22. The summed E-state index contributed by atoms with van der Waals surface area (Å²) in [7, 11) is 1.38. The SMILES string of the molecule is CN(Cc1cccc(C(F)(F)F)c1)C(=O)c1noc(-c2cc(Cl)c(OCC(=O)O)c(Cl)c2)n1. The summed E-state index contributed by atoms with van der Waals surface area (Å²) in [6, 6.07) is 7.25. The highest BCUT2D eigenvalue weighted by Crippen LogP contribution is 2.37. The first-order valence-electron chi connectivity index (χ1n) is 9.05. The molecular weight excluding hydrogens is 490 g/mol. The second kappa shape index (κ2) is 9.67. The van der Waals surface area contributed by atoms with Gasteiger partial charge in [0, 0.05) is 19.2 Å². The zero-order chi connectivity index (χ0) is 24.3. The Morgan fingerprint density at radius 2 is 1.85 bits per heavy atom. The van der Waals surface area contributed by atoms with Crippen molar-refractivity contribution in [2.45, 2.75) is 12.7 Å². The van der Waals surface area contributed by atoms with Crippen molar-refractivity contribution in [1.29, 1.82) is 0 Å². The number of aromatic nitrogens is 2. The Labute approximate surface area is 194 Å². The Hall–Kier alpha value is -3.31. The number of benzene rings is 2. The van der Waals surface area contributed by atoms with Crippen LogP contribution in [0.4, 0.5) is 13.2 Å². The highest BCUT2D eigenvalue weighted by atomic mass is 35.5. The number of carboxylic acids is 1. The van der Waals surface area contributed by atoms with Gasteiger partial charge >= 0.3 is 12.1 Å². The lowest BCUT2D eigenvalue weighted by atomic mass is 10.1. The summed E-state index contributed by atoms with van der Waals surface area (Å²) in [6.45, 7) is -0.782. The van der Waals surface area contributed by atoms with Crippen molar-refractivity contribution < 1.29 is 37.1 Å². The zero-order valence-electron chi connectivity index (χ0n) is 16.7. The fourth-order valence-corrected chi connectivity index (χ4v) is 3.34. The van der Waals surface area contributed by atoms with E-state index in [0.717, 1.165) is 17.0 Å². The molecule has 0 aliphatic carbocycles. The number of rotatable bonds is 7. The third kappa shape index (κ3) is 5.93. The number of aliphatic carboxylic acids is 1. The summed E-state index contributed by atoms with van der Waals surface area (Å²) >= 11 is 12.2.